The molecule has 0 aliphatic heterocycles. The Balaban J connectivity index is 1.59. The number of hydrogen-bond donors (Lipinski definition) is 4. The zero-order valence-electron chi connectivity index (χ0n) is 18.8. The molecule has 0 saturated heterocycles. The number of hydrogen-bond acceptors (Lipinski definition) is 9. The maximum absolute atomic E-state index is 12.9. The lowest BCUT2D eigenvalue weighted by Gasteiger charge is -2.12. The summed E-state index contributed by atoms with van der Waals surface area (Å²) in [6.45, 7) is 0. The zero-order valence-corrected chi connectivity index (χ0v) is 18.8. The third-order valence-electron chi connectivity index (χ3n) is 5.95. The van der Waals surface area contributed by atoms with Gasteiger partial charge in [-0.05, 0) is 23.8 Å². The van der Waals surface area contributed by atoms with Gasteiger partial charge < -0.3 is 33.7 Å². The monoisotopic (exact) mass is 496 g/mol. The van der Waals surface area contributed by atoms with Crippen LogP contribution in [0.25, 0.3) is 55.9 Å². The van der Waals surface area contributed by atoms with Crippen LogP contribution < -0.4 is 10.9 Å². The molecule has 0 bridgehead atoms. The van der Waals surface area contributed by atoms with E-state index in [1.807, 2.05) is 0 Å². The van der Waals surface area contributed by atoms with Crippen molar-refractivity contribution in [3.8, 4) is 57.0 Å². The van der Waals surface area contributed by atoms with Crippen LogP contribution in [0, 0.1) is 0 Å². The number of furan rings is 1. The SMILES string of the molecule is O=c1cc(-c2cccc(-c3c(O)cc(O)c4c(=O)cc(-c5ccco5)oc34)c2)oc2cc(O)cc(O)c12. The molecule has 6 aromatic rings. The first-order chi connectivity index (χ1) is 17.8. The van der Waals surface area contributed by atoms with E-state index < -0.39 is 22.4 Å². The van der Waals surface area contributed by atoms with E-state index in [-0.39, 0.29) is 56.3 Å². The molecule has 3 heterocycles. The lowest BCUT2D eigenvalue weighted by Crippen LogP contribution is -2.02. The maximum Gasteiger partial charge on any atom is 0.197 e. The molecule has 3 aromatic carbocycles. The van der Waals surface area contributed by atoms with Gasteiger partial charge in [-0.2, -0.15) is 0 Å². The highest BCUT2D eigenvalue weighted by Crippen LogP contribution is 2.42. The number of benzene rings is 3. The summed E-state index contributed by atoms with van der Waals surface area (Å²) in [6, 6.07) is 15.5. The molecule has 0 aliphatic carbocycles. The summed E-state index contributed by atoms with van der Waals surface area (Å²) < 4.78 is 17.1. The van der Waals surface area contributed by atoms with Crippen LogP contribution in [0.15, 0.2) is 95.8 Å². The van der Waals surface area contributed by atoms with Gasteiger partial charge in [-0.1, -0.05) is 18.2 Å². The Morgan fingerprint density at radius 3 is 2.11 bits per heavy atom. The number of phenols is 4. The molecule has 37 heavy (non-hydrogen) atoms. The molecule has 9 nitrogen and oxygen atoms in total. The van der Waals surface area contributed by atoms with E-state index in [0.717, 1.165) is 12.1 Å². The van der Waals surface area contributed by atoms with Crippen LogP contribution in [0.5, 0.6) is 23.0 Å². The number of fused-ring (bicyclic) bond motifs is 2. The lowest BCUT2D eigenvalue weighted by atomic mass is 9.98. The molecule has 0 fully saturated rings. The molecule has 182 valence electrons. The summed E-state index contributed by atoms with van der Waals surface area (Å²) >= 11 is 0. The van der Waals surface area contributed by atoms with Crippen molar-refractivity contribution in [1.82, 2.24) is 0 Å². The summed E-state index contributed by atoms with van der Waals surface area (Å²) in [4.78, 5) is 25.6. The highest BCUT2D eigenvalue weighted by molar-refractivity contribution is 6.00. The standard InChI is InChI=1S/C28H16O9/c29-15-8-16(30)26-19(33)11-22(36-24(26)9-15)13-3-1-4-14(7-13)25-17(31)10-18(32)27-20(34)12-23(37-28(25)27)21-5-2-6-35-21/h1-12,29-32H. The number of rotatable bonds is 3. The van der Waals surface area contributed by atoms with Gasteiger partial charge >= 0.3 is 0 Å². The Hall–Kier alpha value is -5.44. The van der Waals surface area contributed by atoms with Gasteiger partial charge in [-0.3, -0.25) is 9.59 Å². The summed E-state index contributed by atoms with van der Waals surface area (Å²) in [5.41, 5.74) is -0.209. The first kappa shape index (κ1) is 22.1. The second-order valence-electron chi connectivity index (χ2n) is 8.34. The molecule has 0 radical (unpaired) electrons. The molecule has 0 unspecified atom stereocenters. The summed E-state index contributed by atoms with van der Waals surface area (Å²) in [5.74, 6) is -0.974. The van der Waals surface area contributed by atoms with Crippen molar-refractivity contribution in [3.05, 3.63) is 93.4 Å². The van der Waals surface area contributed by atoms with Crippen molar-refractivity contribution >= 4 is 21.9 Å². The molecular formula is C28H16O9. The van der Waals surface area contributed by atoms with Gasteiger partial charge in [0.2, 0.25) is 0 Å². The first-order valence-electron chi connectivity index (χ1n) is 11.0. The van der Waals surface area contributed by atoms with E-state index in [1.54, 1.807) is 36.4 Å². The highest BCUT2D eigenvalue weighted by Gasteiger charge is 2.21. The molecule has 6 rings (SSSR count). The number of aromatic hydroxyl groups is 4. The fourth-order valence-electron chi connectivity index (χ4n) is 4.35. The minimum absolute atomic E-state index is 0.0163. The van der Waals surface area contributed by atoms with Gasteiger partial charge in [0.25, 0.3) is 0 Å². The molecule has 0 spiro atoms. The van der Waals surface area contributed by atoms with Crippen LogP contribution in [-0.4, -0.2) is 20.4 Å². The molecule has 3 aromatic heterocycles. The van der Waals surface area contributed by atoms with Gasteiger partial charge in [-0.15, -0.1) is 0 Å². The Bertz CT molecular complexity index is 1960. The van der Waals surface area contributed by atoms with Gasteiger partial charge in [0, 0.05) is 35.9 Å². The van der Waals surface area contributed by atoms with Crippen molar-refractivity contribution < 1.29 is 33.7 Å². The predicted octanol–water partition coefficient (Wildman–Crippen LogP) is 5.32. The fraction of sp³-hybridized carbons (Fsp3) is 0. The summed E-state index contributed by atoms with van der Waals surface area (Å²) in [7, 11) is 0. The second kappa shape index (κ2) is 8.06. The quantitative estimate of drug-likeness (QED) is 0.255. The van der Waals surface area contributed by atoms with E-state index in [4.69, 9.17) is 13.3 Å². The van der Waals surface area contributed by atoms with Gasteiger partial charge in [-0.25, -0.2) is 0 Å². The molecule has 0 aliphatic rings. The molecule has 4 N–H and O–H groups in total. The minimum atomic E-state index is -0.539. The largest absolute Gasteiger partial charge is 0.508 e. The maximum atomic E-state index is 12.9. The van der Waals surface area contributed by atoms with Gasteiger partial charge in [0.1, 0.15) is 45.1 Å². The van der Waals surface area contributed by atoms with E-state index in [0.29, 0.717) is 11.1 Å². The Morgan fingerprint density at radius 2 is 1.32 bits per heavy atom. The van der Waals surface area contributed by atoms with Crippen LogP contribution in [-0.2, 0) is 0 Å². The van der Waals surface area contributed by atoms with Crippen LogP contribution in [0.3, 0.4) is 0 Å². The summed E-state index contributed by atoms with van der Waals surface area (Å²) in [6.07, 6.45) is 1.42. The third-order valence-corrected chi connectivity index (χ3v) is 5.95. The van der Waals surface area contributed by atoms with E-state index in [2.05, 4.69) is 0 Å². The van der Waals surface area contributed by atoms with Crippen LogP contribution in [0.1, 0.15) is 0 Å². The topological polar surface area (TPSA) is 154 Å². The van der Waals surface area contributed by atoms with Gasteiger partial charge in [0.05, 0.1) is 11.8 Å². The van der Waals surface area contributed by atoms with Crippen molar-refractivity contribution in [2.45, 2.75) is 0 Å². The molecule has 9 heteroatoms. The fourth-order valence-corrected chi connectivity index (χ4v) is 4.35. The predicted molar refractivity (Wildman–Crippen MR) is 134 cm³/mol. The molecule has 0 atom stereocenters. The summed E-state index contributed by atoms with van der Waals surface area (Å²) in [5, 5.41) is 40.8. The van der Waals surface area contributed by atoms with Crippen molar-refractivity contribution in [2.75, 3.05) is 0 Å². The van der Waals surface area contributed by atoms with Gasteiger partial charge in [0.15, 0.2) is 28.0 Å². The average Bonchev–Trinajstić information content (AvgIpc) is 3.38. The van der Waals surface area contributed by atoms with E-state index in [9.17, 15) is 30.0 Å². The minimum Gasteiger partial charge on any atom is -0.508 e. The molecule has 0 amide bonds. The molecular weight excluding hydrogens is 480 g/mol. The lowest BCUT2D eigenvalue weighted by molar-refractivity contribution is 0.451. The Morgan fingerprint density at radius 1 is 0.595 bits per heavy atom. The zero-order chi connectivity index (χ0) is 25.8. The highest BCUT2D eigenvalue weighted by atomic mass is 16.4. The second-order valence-corrected chi connectivity index (χ2v) is 8.34. The first-order valence-corrected chi connectivity index (χ1v) is 11.0. The number of phenolic OH excluding ortho intramolecular Hbond substituents is 4. The third kappa shape index (κ3) is 3.57. The van der Waals surface area contributed by atoms with Crippen LogP contribution >= 0.6 is 0 Å². The smallest absolute Gasteiger partial charge is 0.197 e. The van der Waals surface area contributed by atoms with Crippen molar-refractivity contribution in [1.29, 1.82) is 0 Å². The Kier molecular flexibility index (Phi) is 4.80. The van der Waals surface area contributed by atoms with Crippen LogP contribution in [0.4, 0.5) is 0 Å². The Labute approximate surface area is 206 Å². The van der Waals surface area contributed by atoms with Crippen molar-refractivity contribution in [3.63, 3.8) is 0 Å². The van der Waals surface area contributed by atoms with E-state index >= 15 is 0 Å². The van der Waals surface area contributed by atoms with E-state index in [1.165, 1.54) is 24.5 Å². The van der Waals surface area contributed by atoms with Crippen molar-refractivity contribution in [2.24, 2.45) is 0 Å². The molecule has 0 saturated carbocycles. The van der Waals surface area contributed by atoms with Crippen LogP contribution in [0.2, 0.25) is 0 Å². The normalized spacial score (nSPS) is 11.4. The average molecular weight is 496 g/mol.